The average molecular weight is 197 g/mol. The predicted molar refractivity (Wildman–Crippen MR) is 48.0 cm³/mol. The second kappa shape index (κ2) is 2.80. The van der Waals surface area contributed by atoms with Crippen molar-refractivity contribution in [3.8, 4) is 0 Å². The molecule has 0 atom stereocenters. The Bertz CT molecular complexity index is 346. The van der Waals surface area contributed by atoms with Gasteiger partial charge in [-0.15, -0.1) is 0 Å². The summed E-state index contributed by atoms with van der Waals surface area (Å²) in [5, 5.41) is 6.63. The average Bonchev–Trinajstić information content (AvgIpc) is 2.58. The van der Waals surface area contributed by atoms with Gasteiger partial charge in [0, 0.05) is 12.1 Å². The Morgan fingerprint density at radius 2 is 2.36 bits per heavy atom. The van der Waals surface area contributed by atoms with Crippen LogP contribution in [0, 0.1) is 0 Å². The Hall–Kier alpha value is -1.39. The van der Waals surface area contributed by atoms with E-state index in [-0.39, 0.29) is 0 Å². The number of aromatic nitrogens is 2. The van der Waals surface area contributed by atoms with Gasteiger partial charge in [-0.1, -0.05) is 0 Å². The van der Waals surface area contributed by atoms with Crippen LogP contribution in [0.1, 0.15) is 25.1 Å². The lowest BCUT2D eigenvalue weighted by Crippen LogP contribution is -2.39. The molecule has 1 N–H and O–H groups in total. The smallest absolute Gasteiger partial charge is 0.260 e. The van der Waals surface area contributed by atoms with Crippen LogP contribution >= 0.6 is 0 Å². The number of fused-ring (bicyclic) bond motifs is 1. The van der Waals surface area contributed by atoms with E-state index in [0.29, 0.717) is 13.1 Å². The van der Waals surface area contributed by atoms with Crippen molar-refractivity contribution in [2.75, 3.05) is 0 Å². The molecule has 0 aliphatic carbocycles. The van der Waals surface area contributed by atoms with Gasteiger partial charge in [0.1, 0.15) is 0 Å². The minimum Gasteiger partial charge on any atom is -0.330 e. The lowest BCUT2D eigenvalue weighted by Gasteiger charge is -2.22. The van der Waals surface area contributed by atoms with E-state index in [1.807, 2.05) is 0 Å². The number of rotatable bonds is 1. The number of hydrogen-bond donors (Lipinski definition) is 1. The summed E-state index contributed by atoms with van der Waals surface area (Å²) in [5.41, 5.74) is 0.0851. The summed E-state index contributed by atoms with van der Waals surface area (Å²) in [4.78, 5) is 13.0. The van der Waals surface area contributed by atoms with E-state index in [1.54, 1.807) is 6.20 Å². The molecule has 0 bridgehead atoms. The summed E-state index contributed by atoms with van der Waals surface area (Å²) in [6.07, 6.45) is 1.67. The number of amides is 1. The number of nitrogens with zero attached hydrogens (tertiary/aromatic N) is 2. The quantitative estimate of drug-likeness (QED) is 0.730. The largest absolute Gasteiger partial charge is 0.330 e. The summed E-state index contributed by atoms with van der Waals surface area (Å²) in [6.45, 7) is 3.44. The highest BCUT2D eigenvalue weighted by Gasteiger charge is 2.35. The van der Waals surface area contributed by atoms with Crippen molar-refractivity contribution in [1.29, 1.82) is 0 Å². The van der Waals surface area contributed by atoms with Crippen LogP contribution in [0.15, 0.2) is 6.20 Å². The molecule has 0 fully saturated rings. The van der Waals surface area contributed by atoms with E-state index in [4.69, 9.17) is 0 Å². The maximum atomic E-state index is 13.3. The molecule has 1 amide bonds. The van der Waals surface area contributed by atoms with E-state index in [2.05, 4.69) is 10.2 Å². The highest BCUT2D eigenvalue weighted by atomic mass is 19.1. The van der Waals surface area contributed by atoms with Crippen molar-refractivity contribution in [2.45, 2.75) is 32.6 Å². The fourth-order valence-electron chi connectivity index (χ4n) is 1.58. The van der Waals surface area contributed by atoms with Crippen LogP contribution in [-0.4, -0.2) is 26.7 Å². The van der Waals surface area contributed by atoms with Crippen molar-refractivity contribution in [1.82, 2.24) is 15.1 Å². The van der Waals surface area contributed by atoms with Gasteiger partial charge in [0.2, 0.25) is 0 Å². The summed E-state index contributed by atoms with van der Waals surface area (Å²) in [5.74, 6) is -0.470. The number of H-pyrrole nitrogens is 1. The second-order valence-corrected chi connectivity index (χ2v) is 4.01. The zero-order valence-corrected chi connectivity index (χ0v) is 8.17. The molecule has 1 aliphatic rings. The molecular formula is C9H12FN3O. The first-order valence-corrected chi connectivity index (χ1v) is 4.48. The first-order chi connectivity index (χ1) is 6.48. The first kappa shape index (κ1) is 9.18. The van der Waals surface area contributed by atoms with Crippen molar-refractivity contribution in [3.05, 3.63) is 17.5 Å². The molecule has 0 saturated heterocycles. The van der Waals surface area contributed by atoms with Gasteiger partial charge in [0.15, 0.2) is 5.67 Å². The molecule has 76 valence electrons. The molecule has 5 heteroatoms. The molecule has 0 saturated carbocycles. The van der Waals surface area contributed by atoms with E-state index in [0.717, 1.165) is 11.3 Å². The molecule has 2 heterocycles. The molecule has 4 nitrogen and oxygen atoms in total. The van der Waals surface area contributed by atoms with Crippen LogP contribution in [0.2, 0.25) is 0 Å². The summed E-state index contributed by atoms with van der Waals surface area (Å²) in [6, 6.07) is 0. The Kier molecular flexibility index (Phi) is 1.83. The fourth-order valence-corrected chi connectivity index (χ4v) is 1.58. The monoisotopic (exact) mass is 197 g/mol. The lowest BCUT2D eigenvalue weighted by molar-refractivity contribution is -0.142. The van der Waals surface area contributed by atoms with Gasteiger partial charge >= 0.3 is 0 Å². The molecule has 0 aromatic carbocycles. The van der Waals surface area contributed by atoms with E-state index < -0.39 is 11.6 Å². The van der Waals surface area contributed by atoms with Crippen LogP contribution in [0.3, 0.4) is 0 Å². The van der Waals surface area contributed by atoms with E-state index >= 15 is 0 Å². The van der Waals surface area contributed by atoms with Gasteiger partial charge in [0.25, 0.3) is 5.91 Å². The van der Waals surface area contributed by atoms with Gasteiger partial charge in [-0.05, 0) is 13.8 Å². The third-order valence-electron chi connectivity index (χ3n) is 2.31. The Morgan fingerprint density at radius 1 is 1.64 bits per heavy atom. The van der Waals surface area contributed by atoms with Gasteiger partial charge in [0.05, 0.1) is 18.4 Å². The van der Waals surface area contributed by atoms with Crippen molar-refractivity contribution < 1.29 is 9.18 Å². The molecule has 1 aromatic rings. The molecule has 0 unspecified atom stereocenters. The number of halogens is 1. The van der Waals surface area contributed by atoms with Crippen molar-refractivity contribution >= 4 is 5.91 Å². The number of carbonyl (C=O) groups excluding carboxylic acids is 1. The maximum Gasteiger partial charge on any atom is 0.260 e. The molecule has 0 radical (unpaired) electrons. The fraction of sp³-hybridized carbons (Fsp3) is 0.556. The van der Waals surface area contributed by atoms with E-state index in [9.17, 15) is 9.18 Å². The van der Waals surface area contributed by atoms with Gasteiger partial charge in [-0.2, -0.15) is 5.10 Å². The minimum atomic E-state index is -1.79. The zero-order valence-electron chi connectivity index (χ0n) is 8.17. The minimum absolute atomic E-state index is 0.432. The third kappa shape index (κ3) is 1.38. The molecular weight excluding hydrogens is 185 g/mol. The summed E-state index contributed by atoms with van der Waals surface area (Å²) in [7, 11) is 0. The SMILES string of the molecule is CC(C)(F)C(=O)N1Cc2cn[nH]c2C1. The van der Waals surface area contributed by atoms with Crippen LogP contribution in [0.4, 0.5) is 4.39 Å². The number of hydrogen-bond acceptors (Lipinski definition) is 2. The van der Waals surface area contributed by atoms with Crippen LogP contribution < -0.4 is 0 Å². The molecule has 1 aromatic heterocycles. The number of nitrogens with one attached hydrogen (secondary N) is 1. The number of alkyl halides is 1. The maximum absolute atomic E-state index is 13.3. The topological polar surface area (TPSA) is 49.0 Å². The summed E-state index contributed by atoms with van der Waals surface area (Å²) < 4.78 is 13.3. The lowest BCUT2D eigenvalue weighted by atomic mass is 10.1. The van der Waals surface area contributed by atoms with Gasteiger partial charge < -0.3 is 4.90 Å². The third-order valence-corrected chi connectivity index (χ3v) is 2.31. The normalized spacial score (nSPS) is 15.8. The van der Waals surface area contributed by atoms with Gasteiger partial charge in [-0.3, -0.25) is 9.89 Å². The zero-order chi connectivity index (χ0) is 10.3. The second-order valence-electron chi connectivity index (χ2n) is 4.01. The molecule has 14 heavy (non-hydrogen) atoms. The predicted octanol–water partition coefficient (Wildman–Crippen LogP) is 1.00. The van der Waals surface area contributed by atoms with Crippen molar-refractivity contribution in [2.24, 2.45) is 0 Å². The highest BCUT2D eigenvalue weighted by Crippen LogP contribution is 2.24. The number of aromatic amines is 1. The Balaban J connectivity index is 2.12. The Morgan fingerprint density at radius 3 is 2.93 bits per heavy atom. The van der Waals surface area contributed by atoms with Crippen LogP contribution in [-0.2, 0) is 17.9 Å². The van der Waals surface area contributed by atoms with Crippen LogP contribution in [0.5, 0.6) is 0 Å². The van der Waals surface area contributed by atoms with E-state index in [1.165, 1.54) is 18.7 Å². The highest BCUT2D eigenvalue weighted by molar-refractivity contribution is 5.84. The molecule has 2 rings (SSSR count). The van der Waals surface area contributed by atoms with Gasteiger partial charge in [-0.25, -0.2) is 4.39 Å². The van der Waals surface area contributed by atoms with Crippen LogP contribution in [0.25, 0.3) is 0 Å². The molecule has 0 spiro atoms. The first-order valence-electron chi connectivity index (χ1n) is 4.48. The summed E-state index contributed by atoms with van der Waals surface area (Å²) >= 11 is 0. The number of carbonyl (C=O) groups is 1. The molecule has 1 aliphatic heterocycles. The van der Waals surface area contributed by atoms with Crippen molar-refractivity contribution in [3.63, 3.8) is 0 Å². The standard InChI is InChI=1S/C9H12FN3O/c1-9(2,10)8(14)13-4-6-3-11-12-7(6)5-13/h3H,4-5H2,1-2H3,(H,11,12). The Labute approximate surface area is 81.1 Å².